The van der Waals surface area contributed by atoms with Crippen LogP contribution in [-0.2, 0) is 17.8 Å². The van der Waals surface area contributed by atoms with Crippen LogP contribution in [0.25, 0.3) is 0 Å². The zero-order chi connectivity index (χ0) is 14.7. The minimum absolute atomic E-state index is 0.0322. The van der Waals surface area contributed by atoms with E-state index in [4.69, 9.17) is 11.6 Å². The highest BCUT2D eigenvalue weighted by molar-refractivity contribution is 7.16. The van der Waals surface area contributed by atoms with Crippen molar-refractivity contribution >= 4 is 34.5 Å². The molecule has 1 aromatic carbocycles. The van der Waals surface area contributed by atoms with Gasteiger partial charge in [-0.15, -0.1) is 11.3 Å². The molecule has 0 radical (unpaired) electrons. The van der Waals surface area contributed by atoms with Crippen molar-refractivity contribution in [1.29, 1.82) is 0 Å². The van der Waals surface area contributed by atoms with E-state index in [1.807, 2.05) is 32.0 Å². The molecule has 5 heteroatoms. The second-order valence-electron chi connectivity index (χ2n) is 4.68. The second-order valence-corrected chi connectivity index (χ2v) is 6.48. The Morgan fingerprint density at radius 3 is 2.65 bits per heavy atom. The predicted molar refractivity (Wildman–Crippen MR) is 83.5 cm³/mol. The fraction of sp³-hybridized carbons (Fsp3) is 0.267. The van der Waals surface area contributed by atoms with Gasteiger partial charge in [0.25, 0.3) is 0 Å². The molecule has 0 atom stereocenters. The van der Waals surface area contributed by atoms with Crippen LogP contribution in [0.15, 0.2) is 24.3 Å². The average molecular weight is 310 g/mol. The van der Waals surface area contributed by atoms with Crippen LogP contribution in [0.3, 0.4) is 0 Å². The van der Waals surface area contributed by atoms with Crippen LogP contribution in [0, 0.1) is 13.8 Å². The summed E-state index contributed by atoms with van der Waals surface area (Å²) >= 11 is 7.25. The fourth-order valence-electron chi connectivity index (χ4n) is 2.00. The highest BCUT2D eigenvalue weighted by Gasteiger charge is 2.09. The molecule has 0 aliphatic carbocycles. The van der Waals surface area contributed by atoms with E-state index in [1.54, 1.807) is 6.07 Å². The molecule has 1 aromatic heterocycles. The number of anilines is 1. The summed E-state index contributed by atoms with van der Waals surface area (Å²) in [7, 11) is 0. The number of hydrogen-bond acceptors (Lipinski definition) is 3. The quantitative estimate of drug-likeness (QED) is 0.905. The van der Waals surface area contributed by atoms with Crippen molar-refractivity contribution in [2.45, 2.75) is 26.9 Å². The first-order valence-corrected chi connectivity index (χ1v) is 7.44. The predicted octanol–water partition coefficient (Wildman–Crippen LogP) is 3.69. The smallest absolute Gasteiger partial charge is 0.229 e. The molecule has 1 heterocycles. The lowest BCUT2D eigenvalue weighted by Gasteiger charge is -2.12. The van der Waals surface area contributed by atoms with Gasteiger partial charge in [0, 0.05) is 10.6 Å². The largest absolute Gasteiger partial charge is 0.392 e. The van der Waals surface area contributed by atoms with E-state index in [9.17, 15) is 9.90 Å². The van der Waals surface area contributed by atoms with Crippen molar-refractivity contribution in [2.75, 3.05) is 5.32 Å². The van der Waals surface area contributed by atoms with Crippen LogP contribution >= 0.6 is 22.9 Å². The number of thiophene rings is 1. The second kappa shape index (κ2) is 6.39. The Kier molecular flexibility index (Phi) is 4.81. The number of benzene rings is 1. The summed E-state index contributed by atoms with van der Waals surface area (Å²) in [6.45, 7) is 3.85. The Morgan fingerprint density at radius 1 is 1.30 bits per heavy atom. The number of aryl methyl sites for hydroxylation is 2. The van der Waals surface area contributed by atoms with E-state index in [1.165, 1.54) is 11.3 Å². The Morgan fingerprint density at radius 2 is 2.05 bits per heavy atom. The maximum Gasteiger partial charge on any atom is 0.229 e. The molecule has 3 nitrogen and oxygen atoms in total. The lowest BCUT2D eigenvalue weighted by molar-refractivity contribution is -0.115. The van der Waals surface area contributed by atoms with E-state index in [-0.39, 0.29) is 12.5 Å². The van der Waals surface area contributed by atoms with Gasteiger partial charge >= 0.3 is 0 Å². The van der Waals surface area contributed by atoms with Crippen LogP contribution in [0.5, 0.6) is 0 Å². The standard InChI is InChI=1S/C15H16ClNO2S/c1-9-5-10(2)13(6-11(9)8-18)17-15(19)7-12-3-4-14(16)20-12/h3-6,18H,7-8H2,1-2H3,(H,17,19). The molecule has 106 valence electrons. The van der Waals surface area contributed by atoms with Crippen LogP contribution in [0.1, 0.15) is 21.6 Å². The third-order valence-corrected chi connectivity index (χ3v) is 4.32. The Balaban J connectivity index is 2.11. The summed E-state index contributed by atoms with van der Waals surface area (Å²) in [5.74, 6) is -0.0839. The average Bonchev–Trinajstić information content (AvgIpc) is 2.78. The first-order chi connectivity index (χ1) is 9.49. The lowest BCUT2D eigenvalue weighted by Crippen LogP contribution is -2.15. The van der Waals surface area contributed by atoms with Gasteiger partial charge in [0.2, 0.25) is 5.91 Å². The molecule has 20 heavy (non-hydrogen) atoms. The number of amides is 1. The molecule has 0 bridgehead atoms. The molecular formula is C15H16ClNO2S. The lowest BCUT2D eigenvalue weighted by atomic mass is 10.0. The Labute approximate surface area is 127 Å². The van der Waals surface area contributed by atoms with Crippen LogP contribution < -0.4 is 5.32 Å². The maximum absolute atomic E-state index is 12.0. The molecule has 0 spiro atoms. The third-order valence-electron chi connectivity index (χ3n) is 3.09. The van der Waals surface area contributed by atoms with E-state index in [0.29, 0.717) is 10.8 Å². The van der Waals surface area contributed by atoms with Gasteiger partial charge in [-0.25, -0.2) is 0 Å². The summed E-state index contributed by atoms with van der Waals surface area (Å²) in [6.07, 6.45) is 0.305. The first kappa shape index (κ1) is 15.0. The molecule has 0 aliphatic heterocycles. The van der Waals surface area contributed by atoms with Crippen LogP contribution in [-0.4, -0.2) is 11.0 Å². The fourth-order valence-corrected chi connectivity index (χ4v) is 3.09. The molecule has 0 aliphatic rings. The van der Waals surface area contributed by atoms with Crippen LogP contribution in [0.4, 0.5) is 5.69 Å². The van der Waals surface area contributed by atoms with Gasteiger partial charge in [0.15, 0.2) is 0 Å². The highest BCUT2D eigenvalue weighted by Crippen LogP contribution is 2.24. The molecule has 0 fully saturated rings. The summed E-state index contributed by atoms with van der Waals surface area (Å²) < 4.78 is 0.682. The van der Waals surface area contributed by atoms with Crippen molar-refractivity contribution in [3.8, 4) is 0 Å². The highest BCUT2D eigenvalue weighted by atomic mass is 35.5. The van der Waals surface area contributed by atoms with Crippen LogP contribution in [0.2, 0.25) is 4.34 Å². The Bertz CT molecular complexity index is 637. The number of halogens is 1. The van der Waals surface area contributed by atoms with Gasteiger partial charge in [-0.1, -0.05) is 17.7 Å². The summed E-state index contributed by atoms with van der Waals surface area (Å²) in [5.41, 5.74) is 3.57. The van der Waals surface area contributed by atoms with Gasteiger partial charge in [-0.3, -0.25) is 4.79 Å². The van der Waals surface area contributed by atoms with Crippen molar-refractivity contribution in [3.05, 3.63) is 50.2 Å². The van der Waals surface area contributed by atoms with Gasteiger partial charge in [0.05, 0.1) is 17.4 Å². The molecular weight excluding hydrogens is 294 g/mol. The molecule has 0 saturated heterocycles. The minimum atomic E-state index is -0.0839. The third kappa shape index (κ3) is 3.60. The normalized spacial score (nSPS) is 10.6. The van der Waals surface area contributed by atoms with Gasteiger partial charge in [-0.05, 0) is 48.7 Å². The van der Waals surface area contributed by atoms with Crippen molar-refractivity contribution < 1.29 is 9.90 Å². The summed E-state index contributed by atoms with van der Waals surface area (Å²) in [5, 5.41) is 12.2. The van der Waals surface area contributed by atoms with Crippen molar-refractivity contribution in [1.82, 2.24) is 0 Å². The molecule has 0 saturated carbocycles. The van der Waals surface area contributed by atoms with E-state index < -0.39 is 0 Å². The number of rotatable bonds is 4. The van der Waals surface area contributed by atoms with Gasteiger partial charge in [0.1, 0.15) is 0 Å². The molecule has 0 unspecified atom stereocenters. The number of carbonyl (C=O) groups excluding carboxylic acids is 1. The summed E-state index contributed by atoms with van der Waals surface area (Å²) in [4.78, 5) is 12.9. The van der Waals surface area contributed by atoms with Gasteiger partial charge < -0.3 is 10.4 Å². The number of hydrogen-bond donors (Lipinski definition) is 2. The zero-order valence-corrected chi connectivity index (χ0v) is 12.9. The minimum Gasteiger partial charge on any atom is -0.392 e. The van der Waals surface area contributed by atoms with E-state index >= 15 is 0 Å². The number of aliphatic hydroxyl groups is 1. The molecule has 2 rings (SSSR count). The first-order valence-electron chi connectivity index (χ1n) is 6.24. The van der Waals surface area contributed by atoms with Crippen molar-refractivity contribution in [3.63, 3.8) is 0 Å². The SMILES string of the molecule is Cc1cc(C)c(NC(=O)Cc2ccc(Cl)s2)cc1CO. The maximum atomic E-state index is 12.0. The van der Waals surface area contributed by atoms with Gasteiger partial charge in [-0.2, -0.15) is 0 Å². The zero-order valence-electron chi connectivity index (χ0n) is 11.4. The van der Waals surface area contributed by atoms with E-state index in [2.05, 4.69) is 5.32 Å². The number of aliphatic hydroxyl groups excluding tert-OH is 1. The number of nitrogens with one attached hydrogen (secondary N) is 1. The Hall–Kier alpha value is -1.36. The number of carbonyl (C=O) groups is 1. The van der Waals surface area contributed by atoms with Crippen molar-refractivity contribution in [2.24, 2.45) is 0 Å². The summed E-state index contributed by atoms with van der Waals surface area (Å²) in [6, 6.07) is 7.43. The topological polar surface area (TPSA) is 49.3 Å². The molecule has 1 amide bonds. The monoisotopic (exact) mass is 309 g/mol. The van der Waals surface area contributed by atoms with E-state index in [0.717, 1.165) is 27.3 Å². The molecule has 2 aromatic rings. The molecule has 2 N–H and O–H groups in total.